The number of aromatic hydroxyl groups is 3. The molecule has 2 aromatic carbocycles. The van der Waals surface area contributed by atoms with Gasteiger partial charge in [-0.15, -0.1) is 11.3 Å². The predicted molar refractivity (Wildman–Crippen MR) is 144 cm³/mol. The molecular weight excluding hydrogens is 530 g/mol. The summed E-state index contributed by atoms with van der Waals surface area (Å²) in [4.78, 5) is 35.0. The number of phenols is 3. The van der Waals surface area contributed by atoms with Gasteiger partial charge in [0.25, 0.3) is 5.69 Å². The fraction of sp³-hybridized carbons (Fsp3) is 0.167. The average Bonchev–Trinajstić information content (AvgIpc) is 3.40. The maximum atomic E-state index is 12.2. The van der Waals surface area contributed by atoms with Gasteiger partial charge in [0.05, 0.1) is 34.6 Å². The number of thiophene rings is 1. The summed E-state index contributed by atoms with van der Waals surface area (Å²) in [6.45, 7) is 2.40. The van der Waals surface area contributed by atoms with Gasteiger partial charge in [-0.05, 0) is 35.7 Å². The van der Waals surface area contributed by atoms with Crippen molar-refractivity contribution in [1.82, 2.24) is 9.97 Å². The SMILES string of the molecule is NC(=O)N(/N=C/c1cc(O)c(O)c(O)c1)c1ccc(-c2nc(N3CCOCC3)c3sccc3n2)cc1[N+](=O)[O-]. The first-order valence-electron chi connectivity index (χ1n) is 11.5. The third-order valence-corrected chi connectivity index (χ3v) is 6.78. The van der Waals surface area contributed by atoms with E-state index in [1.807, 2.05) is 11.4 Å². The number of urea groups is 1. The Hall–Kier alpha value is -5.02. The first-order valence-corrected chi connectivity index (χ1v) is 12.4. The van der Waals surface area contributed by atoms with Crippen LogP contribution in [0.3, 0.4) is 0 Å². The first kappa shape index (κ1) is 25.6. The van der Waals surface area contributed by atoms with E-state index in [9.17, 15) is 30.2 Å². The molecule has 0 bridgehead atoms. The van der Waals surface area contributed by atoms with E-state index < -0.39 is 33.9 Å². The van der Waals surface area contributed by atoms with Gasteiger partial charge in [-0.2, -0.15) is 10.1 Å². The van der Waals surface area contributed by atoms with Crippen LogP contribution in [0.5, 0.6) is 17.2 Å². The van der Waals surface area contributed by atoms with Crippen molar-refractivity contribution in [2.24, 2.45) is 10.8 Å². The summed E-state index contributed by atoms with van der Waals surface area (Å²) in [6.07, 6.45) is 1.03. The highest BCUT2D eigenvalue weighted by Crippen LogP contribution is 2.37. The van der Waals surface area contributed by atoms with Crippen LogP contribution in [-0.2, 0) is 4.74 Å². The Morgan fingerprint density at radius 3 is 2.54 bits per heavy atom. The van der Waals surface area contributed by atoms with Crippen LogP contribution in [0.25, 0.3) is 21.6 Å². The third-order valence-electron chi connectivity index (χ3n) is 5.88. The van der Waals surface area contributed by atoms with Crippen molar-refractivity contribution in [3.05, 3.63) is 57.5 Å². The van der Waals surface area contributed by atoms with Gasteiger partial charge in [0, 0.05) is 30.3 Å². The molecule has 15 heteroatoms. The van der Waals surface area contributed by atoms with Gasteiger partial charge < -0.3 is 30.7 Å². The number of nitrogens with two attached hydrogens (primary N) is 1. The number of nitro groups is 1. The fourth-order valence-electron chi connectivity index (χ4n) is 4.02. The van der Waals surface area contributed by atoms with Crippen LogP contribution in [0, 0.1) is 10.1 Å². The number of ether oxygens (including phenoxy) is 1. The van der Waals surface area contributed by atoms with Gasteiger partial charge in [-0.1, -0.05) is 0 Å². The monoisotopic (exact) mass is 551 g/mol. The van der Waals surface area contributed by atoms with Crippen LogP contribution in [0.4, 0.5) is 22.0 Å². The van der Waals surface area contributed by atoms with Gasteiger partial charge in [-0.3, -0.25) is 10.1 Å². The number of nitrogens with zero attached hydrogens (tertiary/aromatic N) is 6. The molecule has 0 radical (unpaired) electrons. The summed E-state index contributed by atoms with van der Waals surface area (Å²) in [5.41, 5.74) is 5.87. The highest BCUT2D eigenvalue weighted by atomic mass is 32.1. The number of benzene rings is 2. The van der Waals surface area contributed by atoms with E-state index in [4.69, 9.17) is 15.5 Å². The molecule has 1 fully saturated rings. The summed E-state index contributed by atoms with van der Waals surface area (Å²) in [5, 5.41) is 47.3. The van der Waals surface area contributed by atoms with Crippen molar-refractivity contribution in [2.75, 3.05) is 36.2 Å². The molecule has 14 nitrogen and oxygen atoms in total. The molecule has 0 atom stereocenters. The van der Waals surface area contributed by atoms with E-state index in [1.54, 1.807) is 0 Å². The summed E-state index contributed by atoms with van der Waals surface area (Å²) in [5.74, 6) is -1.01. The molecule has 2 amide bonds. The molecular formula is C24H21N7O7S. The van der Waals surface area contributed by atoms with Crippen LogP contribution >= 0.6 is 11.3 Å². The highest BCUT2D eigenvalue weighted by Gasteiger charge is 2.25. The molecule has 1 aliphatic heterocycles. The average molecular weight is 552 g/mol. The van der Waals surface area contributed by atoms with Crippen molar-refractivity contribution >= 4 is 51.0 Å². The molecule has 2 aromatic heterocycles. The smallest absolute Gasteiger partial charge is 0.340 e. The minimum absolute atomic E-state index is 0.0847. The lowest BCUT2D eigenvalue weighted by molar-refractivity contribution is -0.384. The molecule has 0 unspecified atom stereocenters. The number of fused-ring (bicyclic) bond motifs is 1. The third kappa shape index (κ3) is 5.07. The Kier molecular flexibility index (Phi) is 6.83. The zero-order valence-corrected chi connectivity index (χ0v) is 20.9. The normalized spacial score (nSPS) is 13.7. The molecule has 39 heavy (non-hydrogen) atoms. The number of carbonyl (C=O) groups excluding carboxylic acids is 1. The number of nitro benzene ring substituents is 1. The quantitative estimate of drug-likeness (QED) is 0.119. The van der Waals surface area contributed by atoms with E-state index in [2.05, 4.69) is 15.0 Å². The van der Waals surface area contributed by atoms with Crippen LogP contribution in [0.1, 0.15) is 5.56 Å². The standard InChI is InChI=1S/C24H21N7O7S/c25-24(35)30(26-12-13-9-18(32)20(34)19(33)10-13)16-2-1-14(11-17(16)31(36)37)22-27-15-3-8-39-21(15)23(28-22)29-4-6-38-7-5-29/h1-3,8-12,32-34H,4-7H2,(H2,25,35)/b26-12+. The highest BCUT2D eigenvalue weighted by molar-refractivity contribution is 7.17. The number of phenolic OH excluding ortho intramolecular Hbond substituents is 3. The van der Waals surface area contributed by atoms with Crippen molar-refractivity contribution in [3.63, 3.8) is 0 Å². The van der Waals surface area contributed by atoms with Gasteiger partial charge in [0.1, 0.15) is 5.69 Å². The number of hydrogen-bond donors (Lipinski definition) is 4. The molecule has 4 aromatic rings. The summed E-state index contributed by atoms with van der Waals surface area (Å²) in [6, 6.07) is 6.91. The van der Waals surface area contributed by atoms with Gasteiger partial charge in [0.2, 0.25) is 0 Å². The van der Waals surface area contributed by atoms with Crippen molar-refractivity contribution < 1.29 is 29.8 Å². The molecule has 1 saturated heterocycles. The zero-order chi connectivity index (χ0) is 27.7. The van der Waals surface area contributed by atoms with Crippen LogP contribution in [0.15, 0.2) is 46.9 Å². The maximum Gasteiger partial charge on any atom is 0.340 e. The number of anilines is 2. The van der Waals surface area contributed by atoms with E-state index >= 15 is 0 Å². The lowest BCUT2D eigenvalue weighted by Crippen LogP contribution is -2.36. The lowest BCUT2D eigenvalue weighted by atomic mass is 10.1. The number of rotatable bonds is 6. The minimum atomic E-state index is -1.13. The van der Waals surface area contributed by atoms with E-state index in [-0.39, 0.29) is 17.1 Å². The van der Waals surface area contributed by atoms with Gasteiger partial charge in [-0.25, -0.2) is 14.8 Å². The zero-order valence-electron chi connectivity index (χ0n) is 20.1. The molecule has 3 heterocycles. The fourth-order valence-corrected chi connectivity index (χ4v) is 4.86. The van der Waals surface area contributed by atoms with E-state index in [0.717, 1.165) is 23.0 Å². The topological polar surface area (TPSA) is 201 Å². The second kappa shape index (κ2) is 10.4. The predicted octanol–water partition coefficient (Wildman–Crippen LogP) is 3.14. The van der Waals surface area contributed by atoms with Crippen molar-refractivity contribution in [1.29, 1.82) is 0 Å². The Morgan fingerprint density at radius 1 is 1.15 bits per heavy atom. The molecule has 200 valence electrons. The number of primary amides is 1. The maximum absolute atomic E-state index is 12.2. The van der Waals surface area contributed by atoms with E-state index in [1.165, 1.54) is 29.5 Å². The van der Waals surface area contributed by atoms with Crippen LogP contribution < -0.4 is 15.6 Å². The summed E-state index contributed by atoms with van der Waals surface area (Å²) in [7, 11) is 0. The summed E-state index contributed by atoms with van der Waals surface area (Å²) < 4.78 is 6.34. The van der Waals surface area contributed by atoms with Crippen molar-refractivity contribution in [2.45, 2.75) is 0 Å². The van der Waals surface area contributed by atoms with E-state index in [0.29, 0.717) is 48.2 Å². The lowest BCUT2D eigenvalue weighted by Gasteiger charge is -2.28. The minimum Gasteiger partial charge on any atom is -0.504 e. The number of morpholine rings is 1. The molecule has 5 rings (SSSR count). The number of amides is 2. The molecule has 0 aliphatic carbocycles. The Labute approximate surface area is 224 Å². The van der Waals surface area contributed by atoms with Crippen molar-refractivity contribution in [3.8, 4) is 28.6 Å². The largest absolute Gasteiger partial charge is 0.504 e. The van der Waals surface area contributed by atoms with Crippen LogP contribution in [-0.4, -0.2) is 68.8 Å². The number of hydrazone groups is 1. The van der Waals surface area contributed by atoms with Gasteiger partial charge >= 0.3 is 6.03 Å². The molecule has 5 N–H and O–H groups in total. The molecule has 1 aliphatic rings. The molecule has 0 spiro atoms. The van der Waals surface area contributed by atoms with Crippen LogP contribution in [0.2, 0.25) is 0 Å². The first-order chi connectivity index (χ1) is 18.7. The number of carbonyl (C=O) groups is 1. The second-order valence-corrected chi connectivity index (χ2v) is 9.28. The summed E-state index contributed by atoms with van der Waals surface area (Å²) >= 11 is 1.50. The Balaban J connectivity index is 1.55. The number of hydrogen-bond acceptors (Lipinski definition) is 12. The Morgan fingerprint density at radius 2 is 1.87 bits per heavy atom. The molecule has 0 saturated carbocycles. The second-order valence-electron chi connectivity index (χ2n) is 8.37. The Bertz CT molecular complexity index is 1590. The number of aromatic nitrogens is 2. The van der Waals surface area contributed by atoms with Gasteiger partial charge in [0.15, 0.2) is 28.9 Å².